The Balaban J connectivity index is 2.16. The molecule has 0 spiro atoms. The van der Waals surface area contributed by atoms with Crippen molar-refractivity contribution in [1.29, 1.82) is 0 Å². The van der Waals surface area contributed by atoms with E-state index in [-0.39, 0.29) is 0 Å². The summed E-state index contributed by atoms with van der Waals surface area (Å²) in [6.07, 6.45) is 6.17. The standard InChI is InChI=1S/C12H16OS/c1-3-9-4-5-11(8-12(9)14-2)13-10-6-7-10/h4-5,8,10H,3,6-7H2,1-2H3. The molecule has 76 valence electrons. The van der Waals surface area contributed by atoms with E-state index < -0.39 is 0 Å². The van der Waals surface area contributed by atoms with Crippen LogP contribution in [0.3, 0.4) is 0 Å². The van der Waals surface area contributed by atoms with Gasteiger partial charge in [0.2, 0.25) is 0 Å². The smallest absolute Gasteiger partial charge is 0.120 e. The number of hydrogen-bond acceptors (Lipinski definition) is 2. The van der Waals surface area contributed by atoms with Gasteiger partial charge in [0.25, 0.3) is 0 Å². The van der Waals surface area contributed by atoms with Crippen molar-refractivity contribution in [3.8, 4) is 5.75 Å². The maximum absolute atomic E-state index is 5.75. The fraction of sp³-hybridized carbons (Fsp3) is 0.500. The summed E-state index contributed by atoms with van der Waals surface area (Å²) in [4.78, 5) is 1.35. The topological polar surface area (TPSA) is 9.23 Å². The van der Waals surface area contributed by atoms with Gasteiger partial charge in [0.15, 0.2) is 0 Å². The average molecular weight is 208 g/mol. The Morgan fingerprint density at radius 3 is 2.79 bits per heavy atom. The maximum atomic E-state index is 5.75. The fourth-order valence-corrected chi connectivity index (χ4v) is 2.18. The minimum atomic E-state index is 0.497. The zero-order valence-corrected chi connectivity index (χ0v) is 9.56. The summed E-state index contributed by atoms with van der Waals surface area (Å²) in [6, 6.07) is 6.45. The Morgan fingerprint density at radius 2 is 2.21 bits per heavy atom. The molecule has 0 amide bonds. The van der Waals surface area contributed by atoms with Crippen LogP contribution < -0.4 is 4.74 Å². The van der Waals surface area contributed by atoms with Gasteiger partial charge in [-0.1, -0.05) is 13.0 Å². The predicted molar refractivity (Wildman–Crippen MR) is 61.3 cm³/mol. The third kappa shape index (κ3) is 2.24. The quantitative estimate of drug-likeness (QED) is 0.700. The molecule has 2 rings (SSSR count). The molecule has 0 atom stereocenters. The molecule has 0 heterocycles. The van der Waals surface area contributed by atoms with Gasteiger partial charge >= 0.3 is 0 Å². The Bertz CT molecular complexity index is 318. The molecule has 0 aliphatic heterocycles. The summed E-state index contributed by atoms with van der Waals surface area (Å²) in [5, 5.41) is 0. The summed E-state index contributed by atoms with van der Waals surface area (Å²) in [7, 11) is 0. The van der Waals surface area contributed by atoms with Crippen molar-refractivity contribution in [2.24, 2.45) is 0 Å². The van der Waals surface area contributed by atoms with E-state index in [1.807, 2.05) is 0 Å². The molecule has 1 saturated carbocycles. The molecule has 1 aliphatic rings. The lowest BCUT2D eigenvalue weighted by atomic mass is 10.2. The van der Waals surface area contributed by atoms with E-state index in [1.54, 1.807) is 11.8 Å². The Morgan fingerprint density at radius 1 is 1.43 bits per heavy atom. The largest absolute Gasteiger partial charge is 0.490 e. The van der Waals surface area contributed by atoms with Crippen LogP contribution in [0.15, 0.2) is 23.1 Å². The van der Waals surface area contributed by atoms with Gasteiger partial charge in [0, 0.05) is 4.90 Å². The first-order valence-corrected chi connectivity index (χ1v) is 6.39. The first kappa shape index (κ1) is 9.91. The molecule has 0 N–H and O–H groups in total. The highest BCUT2D eigenvalue weighted by Crippen LogP contribution is 2.30. The van der Waals surface area contributed by atoms with Crippen LogP contribution in [0.5, 0.6) is 5.75 Å². The summed E-state index contributed by atoms with van der Waals surface area (Å²) < 4.78 is 5.75. The minimum Gasteiger partial charge on any atom is -0.490 e. The van der Waals surface area contributed by atoms with Crippen molar-refractivity contribution in [2.45, 2.75) is 37.2 Å². The molecule has 1 fully saturated rings. The number of benzene rings is 1. The van der Waals surface area contributed by atoms with Crippen LogP contribution in [0.2, 0.25) is 0 Å². The third-order valence-corrected chi connectivity index (χ3v) is 3.29. The molecule has 1 nitrogen and oxygen atoms in total. The van der Waals surface area contributed by atoms with Gasteiger partial charge < -0.3 is 4.74 Å². The van der Waals surface area contributed by atoms with Crippen molar-refractivity contribution in [3.63, 3.8) is 0 Å². The lowest BCUT2D eigenvalue weighted by Crippen LogP contribution is -1.96. The summed E-state index contributed by atoms with van der Waals surface area (Å²) in [6.45, 7) is 2.19. The zero-order chi connectivity index (χ0) is 9.97. The van der Waals surface area contributed by atoms with E-state index in [0.717, 1.165) is 12.2 Å². The van der Waals surface area contributed by atoms with E-state index in [2.05, 4.69) is 31.4 Å². The monoisotopic (exact) mass is 208 g/mol. The molecule has 0 radical (unpaired) electrons. The Hall–Kier alpha value is -0.630. The molecule has 0 aromatic heterocycles. The van der Waals surface area contributed by atoms with Crippen LogP contribution in [-0.4, -0.2) is 12.4 Å². The predicted octanol–water partition coefficient (Wildman–Crippen LogP) is 3.51. The highest BCUT2D eigenvalue weighted by Gasteiger charge is 2.23. The molecule has 0 saturated heterocycles. The lowest BCUT2D eigenvalue weighted by molar-refractivity contribution is 0.302. The second kappa shape index (κ2) is 4.26. The van der Waals surface area contributed by atoms with Crippen LogP contribution in [0.4, 0.5) is 0 Å². The summed E-state index contributed by atoms with van der Waals surface area (Å²) in [5.41, 5.74) is 1.42. The van der Waals surface area contributed by atoms with Crippen molar-refractivity contribution in [1.82, 2.24) is 0 Å². The molecule has 1 aromatic rings. The molecule has 0 bridgehead atoms. The van der Waals surface area contributed by atoms with E-state index in [0.29, 0.717) is 6.10 Å². The van der Waals surface area contributed by atoms with E-state index in [9.17, 15) is 0 Å². The SMILES string of the molecule is CCc1ccc(OC2CC2)cc1SC. The number of ether oxygens (including phenoxy) is 1. The lowest BCUT2D eigenvalue weighted by Gasteiger charge is -2.09. The van der Waals surface area contributed by atoms with Gasteiger partial charge in [0.05, 0.1) is 6.10 Å². The van der Waals surface area contributed by atoms with Crippen LogP contribution >= 0.6 is 11.8 Å². The van der Waals surface area contributed by atoms with Gasteiger partial charge in [0.1, 0.15) is 5.75 Å². The normalized spacial score (nSPS) is 15.6. The highest BCUT2D eigenvalue weighted by atomic mass is 32.2. The van der Waals surface area contributed by atoms with Gasteiger partial charge in [-0.2, -0.15) is 0 Å². The van der Waals surface area contributed by atoms with Crippen molar-refractivity contribution in [2.75, 3.05) is 6.26 Å². The zero-order valence-electron chi connectivity index (χ0n) is 8.75. The van der Waals surface area contributed by atoms with Gasteiger partial charge in [-0.15, -0.1) is 11.8 Å². The first-order chi connectivity index (χ1) is 6.83. The van der Waals surface area contributed by atoms with Crippen molar-refractivity contribution < 1.29 is 4.74 Å². The third-order valence-electron chi connectivity index (χ3n) is 2.47. The molecule has 2 heteroatoms. The van der Waals surface area contributed by atoms with Crippen LogP contribution in [0.1, 0.15) is 25.3 Å². The minimum absolute atomic E-state index is 0.497. The molecule has 14 heavy (non-hydrogen) atoms. The van der Waals surface area contributed by atoms with E-state index >= 15 is 0 Å². The Labute approximate surface area is 89.9 Å². The summed E-state index contributed by atoms with van der Waals surface area (Å²) in [5.74, 6) is 1.04. The van der Waals surface area contributed by atoms with Gasteiger partial charge in [-0.3, -0.25) is 0 Å². The summed E-state index contributed by atoms with van der Waals surface area (Å²) >= 11 is 1.80. The first-order valence-electron chi connectivity index (χ1n) is 5.17. The average Bonchev–Trinajstić information content (AvgIpc) is 3.01. The highest BCUT2D eigenvalue weighted by molar-refractivity contribution is 7.98. The van der Waals surface area contributed by atoms with E-state index in [4.69, 9.17) is 4.74 Å². The maximum Gasteiger partial charge on any atom is 0.120 e. The van der Waals surface area contributed by atoms with Gasteiger partial charge in [-0.05, 0) is 43.2 Å². The molecule has 0 unspecified atom stereocenters. The van der Waals surface area contributed by atoms with E-state index in [1.165, 1.54) is 23.3 Å². The van der Waals surface area contributed by atoms with Crippen molar-refractivity contribution in [3.05, 3.63) is 23.8 Å². The second-order valence-corrected chi connectivity index (χ2v) is 4.49. The van der Waals surface area contributed by atoms with Crippen LogP contribution in [0.25, 0.3) is 0 Å². The Kier molecular flexibility index (Phi) is 3.02. The number of aryl methyl sites for hydroxylation is 1. The van der Waals surface area contributed by atoms with Gasteiger partial charge in [-0.25, -0.2) is 0 Å². The molecular weight excluding hydrogens is 192 g/mol. The van der Waals surface area contributed by atoms with Crippen LogP contribution in [-0.2, 0) is 6.42 Å². The number of thioether (sulfide) groups is 1. The number of hydrogen-bond donors (Lipinski definition) is 0. The number of rotatable bonds is 4. The second-order valence-electron chi connectivity index (χ2n) is 3.64. The molecular formula is C12H16OS. The fourth-order valence-electron chi connectivity index (χ4n) is 1.47. The molecule has 1 aromatic carbocycles. The van der Waals surface area contributed by atoms with Crippen LogP contribution in [0, 0.1) is 0 Å². The van der Waals surface area contributed by atoms with Crippen molar-refractivity contribution >= 4 is 11.8 Å². The molecule has 1 aliphatic carbocycles.